The molecule has 26 heteroatoms. The fourth-order valence-electron chi connectivity index (χ4n) is 7.18. The van der Waals surface area contributed by atoms with Crippen LogP contribution < -0.4 is 21.8 Å². The topological polar surface area (TPSA) is 337 Å². The highest BCUT2D eigenvalue weighted by Gasteiger charge is 2.61. The number of carbonyl (C=O) groups excluding carboxylic acids is 4. The zero-order valence-corrected chi connectivity index (χ0v) is 34.7. The van der Waals surface area contributed by atoms with Crippen LogP contribution in [0.4, 0.5) is 5.13 Å². The number of nitrogens with two attached hydrogens (primary N) is 1. The van der Waals surface area contributed by atoms with Crippen LogP contribution in [-0.4, -0.2) is 148 Å². The Labute approximate surface area is 344 Å². The van der Waals surface area contributed by atoms with Crippen LogP contribution in [0, 0.1) is 11.8 Å². The second-order valence-electron chi connectivity index (χ2n) is 14.7. The predicted octanol–water partition coefficient (Wildman–Crippen LogP) is -1.65. The molecule has 9 N–H and O–H groups in total. The number of nitrogens with zero attached hydrogens (tertiary/aromatic N) is 6. The van der Waals surface area contributed by atoms with Crippen LogP contribution in [0.15, 0.2) is 38.2 Å². The van der Waals surface area contributed by atoms with Crippen molar-refractivity contribution in [1.82, 2.24) is 34.5 Å². The van der Waals surface area contributed by atoms with Gasteiger partial charge in [-0.15, -0.1) is 23.1 Å². The summed E-state index contributed by atoms with van der Waals surface area (Å²) in [6.45, 7) is 6.20. The van der Waals surface area contributed by atoms with E-state index in [1.807, 2.05) is 6.92 Å². The normalized spacial score (nSPS) is 25.3. The molecule has 0 saturated carbocycles. The number of thioether (sulfide) groups is 1. The van der Waals surface area contributed by atoms with Crippen molar-refractivity contribution in [2.75, 3.05) is 26.4 Å². The van der Waals surface area contributed by atoms with E-state index in [0.29, 0.717) is 22.6 Å². The number of carbonyl (C=O) groups is 5. The third-order valence-electron chi connectivity index (χ3n) is 10.1. The lowest BCUT2D eigenvalue weighted by Crippen LogP contribution is -2.77. The second-order valence-corrected chi connectivity index (χ2v) is 18.2. The monoisotopic (exact) mass is 885 g/mol. The number of aromatic nitrogens is 2. The van der Waals surface area contributed by atoms with Gasteiger partial charge in [-0.3, -0.25) is 28.5 Å². The van der Waals surface area contributed by atoms with Crippen molar-refractivity contribution in [3.8, 4) is 5.75 Å². The first-order valence-corrected chi connectivity index (χ1v) is 20.8. The van der Waals surface area contributed by atoms with Gasteiger partial charge in [-0.2, -0.15) is 13.1 Å². The Morgan fingerprint density at radius 1 is 1.24 bits per heavy atom. The summed E-state index contributed by atoms with van der Waals surface area (Å²) in [6, 6.07) is -1.01. The number of thiazole rings is 1. The van der Waals surface area contributed by atoms with Crippen LogP contribution in [-0.2, 0) is 45.7 Å². The Morgan fingerprint density at radius 3 is 2.44 bits per heavy atom. The third-order valence-corrected chi connectivity index (χ3v) is 13.4. The van der Waals surface area contributed by atoms with E-state index in [0.717, 1.165) is 23.6 Å². The van der Waals surface area contributed by atoms with E-state index in [1.165, 1.54) is 35.9 Å². The summed E-state index contributed by atoms with van der Waals surface area (Å²) < 4.78 is 32.7. The molecule has 0 aliphatic carbocycles. The van der Waals surface area contributed by atoms with Gasteiger partial charge in [0, 0.05) is 48.2 Å². The minimum absolute atomic E-state index is 0.00757. The second kappa shape index (κ2) is 16.8. The number of rotatable bonds is 12. The molecule has 0 spiro atoms. The lowest BCUT2D eigenvalue weighted by molar-refractivity contribution is -0.163. The lowest BCUT2D eigenvalue weighted by Gasteiger charge is -2.50. The van der Waals surface area contributed by atoms with Crippen LogP contribution in [0.3, 0.4) is 0 Å². The molecule has 4 aliphatic rings. The standard InChI is InChI=1S/C17H25N3O5S.C16H18N6O9S2/c1-7-12-11(8(2)21)16(23)20(12)13(17(24)25)14(7)26-9-5-10(18-6-9)15(22)19(3)4;1-16(2)12(14(26)22(16)33(28,29)30)19-13(25)11(8-6-32-15(17)18-8)20-31-5-7-3-9(23)10(24)4-21(7)27/h7-12,18,21H,5-6H2,1-4H3,(H,24,25);3-4,6,12,24,27H,5H2,1-2H3,(H2,17,18)(H,19,25)(H,28,29,30)/b;20-11-/t7-,8-,9+,10+,11-,12-;12-/m11/s1. The summed E-state index contributed by atoms with van der Waals surface area (Å²) >= 11 is 2.42. The number of hydrogen-bond acceptors (Lipinski definition) is 18. The molecule has 2 aromatic heterocycles. The molecule has 4 amide bonds. The first-order chi connectivity index (χ1) is 27.4. The number of nitrogens with one attached hydrogen (secondary N) is 2. The summed E-state index contributed by atoms with van der Waals surface area (Å²) in [6.07, 6.45) is 0.550. The first-order valence-electron chi connectivity index (χ1n) is 17.7. The fraction of sp³-hybridized carbons (Fsp3) is 0.515. The van der Waals surface area contributed by atoms with Gasteiger partial charge in [0.05, 0.1) is 35.8 Å². The number of anilines is 1. The van der Waals surface area contributed by atoms with Gasteiger partial charge >= 0.3 is 16.3 Å². The van der Waals surface area contributed by atoms with E-state index < -0.39 is 75.2 Å². The Balaban J connectivity index is 0.000000230. The summed E-state index contributed by atoms with van der Waals surface area (Å²) in [5, 5.41) is 49.2. The Hall–Kier alpha value is -5.28. The number of hydrogen-bond donors (Lipinski definition) is 8. The van der Waals surface area contributed by atoms with Gasteiger partial charge in [-0.05, 0) is 27.2 Å². The van der Waals surface area contributed by atoms with Crippen LogP contribution in [0.5, 0.6) is 5.75 Å². The van der Waals surface area contributed by atoms with Crippen LogP contribution in [0.25, 0.3) is 0 Å². The number of carboxylic acid groups (broad SMARTS) is 1. The predicted molar refractivity (Wildman–Crippen MR) is 208 cm³/mol. The number of nitrogen functional groups attached to an aromatic ring is 1. The Morgan fingerprint density at radius 2 is 1.90 bits per heavy atom. The molecule has 0 aromatic carbocycles. The first kappa shape index (κ1) is 44.8. The van der Waals surface area contributed by atoms with E-state index in [1.54, 1.807) is 25.9 Å². The number of aliphatic carboxylic acids is 1. The lowest BCUT2D eigenvalue weighted by atomic mass is 9.79. The quantitative estimate of drug-likeness (QED) is 0.0389. The molecular weight excluding hydrogens is 843 g/mol. The number of aromatic hydroxyl groups is 1. The summed E-state index contributed by atoms with van der Waals surface area (Å²) in [7, 11) is -1.42. The zero-order chi connectivity index (χ0) is 44.0. The number of carboxylic acids is 1. The number of amides is 4. The van der Waals surface area contributed by atoms with Crippen molar-refractivity contribution >= 4 is 73.8 Å². The van der Waals surface area contributed by atoms with Crippen molar-refractivity contribution in [1.29, 1.82) is 0 Å². The largest absolute Gasteiger partial charge is 0.503 e. The van der Waals surface area contributed by atoms with E-state index >= 15 is 0 Å². The van der Waals surface area contributed by atoms with Crippen molar-refractivity contribution in [2.45, 2.75) is 75.7 Å². The van der Waals surface area contributed by atoms with Crippen LogP contribution in [0.2, 0.25) is 0 Å². The van der Waals surface area contributed by atoms with E-state index in [4.69, 9.17) is 10.6 Å². The molecule has 0 unspecified atom stereocenters. The van der Waals surface area contributed by atoms with Gasteiger partial charge in [0.2, 0.25) is 17.2 Å². The Bertz CT molecular complexity index is 2290. The smallest absolute Gasteiger partial charge is 0.362 e. The number of fused-ring (bicyclic) bond motifs is 1. The molecule has 23 nitrogen and oxygen atoms in total. The summed E-state index contributed by atoms with van der Waals surface area (Å²) in [4.78, 5) is 85.3. The molecule has 7 atom stereocenters. The molecule has 0 radical (unpaired) electrons. The molecule has 0 bridgehead atoms. The molecule has 6 heterocycles. The van der Waals surface area contributed by atoms with Crippen molar-refractivity contribution < 1.29 is 62.3 Å². The average Bonchev–Trinajstić information content (AvgIpc) is 3.83. The molecule has 2 aromatic rings. The van der Waals surface area contributed by atoms with Crippen LogP contribution >= 0.6 is 23.1 Å². The maximum absolute atomic E-state index is 12.8. The minimum atomic E-state index is -4.84. The van der Waals surface area contributed by atoms with Gasteiger partial charge < -0.3 is 51.5 Å². The van der Waals surface area contributed by atoms with E-state index in [-0.39, 0.29) is 61.6 Å². The van der Waals surface area contributed by atoms with Crippen molar-refractivity contribution in [3.63, 3.8) is 0 Å². The van der Waals surface area contributed by atoms with Crippen molar-refractivity contribution in [2.24, 2.45) is 17.0 Å². The maximum atomic E-state index is 12.8. The molecule has 3 fully saturated rings. The SMILES string of the molecule is CC1(C)[C@H](NC(=O)/C(=N\OCc2cc(=O)c(O)cn2O)c2csc(N)n2)C(=O)N1S(=O)(=O)O.C[C@@H](O)[C@H]1C(=O)N2C(C(=O)O)=C(S[C@@H]3CN[C@H](C(=O)N(C)C)C3)[C@H](C)[C@H]12. The molecule has 322 valence electrons. The molecular formula is C33H43N9O14S3. The molecule has 6 rings (SSSR count). The molecule has 59 heavy (non-hydrogen) atoms. The summed E-state index contributed by atoms with van der Waals surface area (Å²) in [5.74, 6) is -4.88. The van der Waals surface area contributed by atoms with Gasteiger partial charge in [0.25, 0.3) is 11.8 Å². The summed E-state index contributed by atoms with van der Waals surface area (Å²) in [5.41, 5.74) is 2.77. The number of pyridine rings is 1. The maximum Gasteiger partial charge on any atom is 0.362 e. The van der Waals surface area contributed by atoms with Gasteiger partial charge in [-0.25, -0.2) is 14.1 Å². The number of aliphatic hydroxyl groups excluding tert-OH is 1. The average molecular weight is 886 g/mol. The number of likely N-dealkylation sites (N-methyl/N-ethyl adjacent to an activating group) is 1. The highest BCUT2D eigenvalue weighted by molar-refractivity contribution is 8.03. The minimum Gasteiger partial charge on any atom is -0.503 e. The van der Waals surface area contributed by atoms with Gasteiger partial charge in [-0.1, -0.05) is 12.1 Å². The Kier molecular flexibility index (Phi) is 12.7. The fourth-order valence-corrected chi connectivity index (χ4v) is 10.2. The third kappa shape index (κ3) is 8.72. The van der Waals surface area contributed by atoms with E-state index in [9.17, 15) is 62.3 Å². The highest BCUT2D eigenvalue weighted by Crippen LogP contribution is 2.51. The van der Waals surface area contributed by atoms with Gasteiger partial charge in [0.15, 0.2) is 23.2 Å². The molecule has 4 aliphatic heterocycles. The van der Waals surface area contributed by atoms with Crippen molar-refractivity contribution in [3.05, 3.63) is 49.9 Å². The number of oxime groups is 1. The number of β-lactam (4-membered cyclic amide) rings is 2. The van der Waals surface area contributed by atoms with E-state index in [2.05, 4.69) is 20.8 Å². The van der Waals surface area contributed by atoms with Gasteiger partial charge in [0.1, 0.15) is 23.1 Å². The zero-order valence-electron chi connectivity index (χ0n) is 32.3. The molecule has 3 saturated heterocycles. The highest BCUT2D eigenvalue weighted by atomic mass is 32.2. The van der Waals surface area contributed by atoms with Crippen LogP contribution in [0.1, 0.15) is 45.5 Å². The number of aliphatic hydroxyl groups is 1.